The van der Waals surface area contributed by atoms with Crippen molar-refractivity contribution in [1.82, 2.24) is 0 Å². The van der Waals surface area contributed by atoms with Crippen LogP contribution in [-0.2, 0) is 11.4 Å². The van der Waals surface area contributed by atoms with Crippen LogP contribution in [0.1, 0.15) is 11.1 Å². The lowest BCUT2D eigenvalue weighted by Gasteiger charge is -2.14. The van der Waals surface area contributed by atoms with Crippen molar-refractivity contribution in [2.24, 2.45) is 0 Å². The Balaban J connectivity index is 1.42. The highest BCUT2D eigenvalue weighted by molar-refractivity contribution is 9.10. The van der Waals surface area contributed by atoms with Crippen LogP contribution in [-0.4, -0.2) is 15.2 Å². The molecule has 0 atom stereocenters. The van der Waals surface area contributed by atoms with Gasteiger partial charge in [0.25, 0.3) is 11.6 Å². The van der Waals surface area contributed by atoms with Crippen LogP contribution in [0.5, 0.6) is 5.75 Å². The normalized spacial score (nSPS) is 14.6. The molecule has 1 aliphatic rings. The van der Waals surface area contributed by atoms with Gasteiger partial charge in [-0.15, -0.1) is 0 Å². The van der Waals surface area contributed by atoms with E-state index in [2.05, 4.69) is 34.1 Å². The van der Waals surface area contributed by atoms with E-state index < -0.39 is 4.92 Å². The second kappa shape index (κ2) is 10.2. The van der Waals surface area contributed by atoms with Crippen molar-refractivity contribution in [1.29, 1.82) is 0 Å². The summed E-state index contributed by atoms with van der Waals surface area (Å²) in [5.74, 6) is 0.338. The molecule has 6 nitrogen and oxygen atoms in total. The van der Waals surface area contributed by atoms with Gasteiger partial charge < -0.3 is 4.74 Å². The van der Waals surface area contributed by atoms with Crippen LogP contribution in [0.3, 0.4) is 0 Å². The predicted octanol–water partition coefficient (Wildman–Crippen LogP) is 7.50. The summed E-state index contributed by atoms with van der Waals surface area (Å²) >= 11 is 10.1. The highest BCUT2D eigenvalue weighted by Crippen LogP contribution is 2.38. The third-order valence-electron chi connectivity index (χ3n) is 5.63. The van der Waals surface area contributed by atoms with Crippen LogP contribution >= 0.6 is 39.9 Å². The van der Waals surface area contributed by atoms with E-state index in [0.29, 0.717) is 27.3 Å². The first-order valence-corrected chi connectivity index (χ1v) is 12.8. The number of non-ortho nitro benzene ring substituents is 1. The number of benzene rings is 4. The molecule has 0 unspecified atom stereocenters. The first-order valence-electron chi connectivity index (χ1n) is 10.8. The molecule has 9 heteroatoms. The van der Waals surface area contributed by atoms with Crippen molar-refractivity contribution in [3.8, 4) is 5.75 Å². The first kappa shape index (κ1) is 24.2. The number of nitro groups is 1. The van der Waals surface area contributed by atoms with Crippen LogP contribution < -0.4 is 9.64 Å². The van der Waals surface area contributed by atoms with Gasteiger partial charge in [-0.3, -0.25) is 19.8 Å². The van der Waals surface area contributed by atoms with Crippen LogP contribution in [0, 0.1) is 10.1 Å². The molecule has 1 fully saturated rings. The maximum absolute atomic E-state index is 13.2. The molecule has 1 heterocycles. The van der Waals surface area contributed by atoms with Crippen LogP contribution in [0.15, 0.2) is 94.3 Å². The molecule has 1 saturated heterocycles. The lowest BCUT2D eigenvalue weighted by molar-refractivity contribution is -0.384. The van der Waals surface area contributed by atoms with Crippen molar-refractivity contribution in [3.63, 3.8) is 0 Å². The van der Waals surface area contributed by atoms with Crippen molar-refractivity contribution < 1.29 is 14.5 Å². The van der Waals surface area contributed by atoms with Gasteiger partial charge in [-0.25, -0.2) is 0 Å². The van der Waals surface area contributed by atoms with E-state index in [0.717, 1.165) is 26.4 Å². The van der Waals surface area contributed by atoms with Crippen LogP contribution in [0.4, 0.5) is 11.4 Å². The van der Waals surface area contributed by atoms with E-state index in [4.69, 9.17) is 17.0 Å². The number of amides is 1. The number of ether oxygens (including phenoxy) is 1. The van der Waals surface area contributed by atoms with Gasteiger partial charge in [0, 0.05) is 22.2 Å². The van der Waals surface area contributed by atoms with Gasteiger partial charge >= 0.3 is 0 Å². The number of hydrogen-bond acceptors (Lipinski definition) is 6. The van der Waals surface area contributed by atoms with E-state index in [1.54, 1.807) is 6.08 Å². The summed E-state index contributed by atoms with van der Waals surface area (Å²) in [5, 5.41) is 13.2. The topological polar surface area (TPSA) is 72.7 Å². The van der Waals surface area contributed by atoms with Crippen molar-refractivity contribution in [2.75, 3.05) is 4.90 Å². The third kappa shape index (κ3) is 4.90. The average molecular weight is 577 g/mol. The van der Waals surface area contributed by atoms with Crippen molar-refractivity contribution in [3.05, 3.63) is 116 Å². The van der Waals surface area contributed by atoms with E-state index in [9.17, 15) is 14.9 Å². The molecular formula is C27H17BrN2O4S2. The van der Waals surface area contributed by atoms with Crippen molar-refractivity contribution in [2.45, 2.75) is 6.61 Å². The van der Waals surface area contributed by atoms with Crippen LogP contribution in [0.2, 0.25) is 0 Å². The Hall–Kier alpha value is -3.53. The number of nitro benzene ring substituents is 1. The average Bonchev–Trinajstić information content (AvgIpc) is 3.16. The molecular weight excluding hydrogens is 560 g/mol. The lowest BCUT2D eigenvalue weighted by atomic mass is 10.1. The fraction of sp³-hybridized carbons (Fsp3) is 0.0370. The van der Waals surface area contributed by atoms with E-state index in [-0.39, 0.29) is 11.6 Å². The number of rotatable bonds is 6. The summed E-state index contributed by atoms with van der Waals surface area (Å²) in [7, 11) is 0. The molecule has 36 heavy (non-hydrogen) atoms. The SMILES string of the molecule is O=C1/C(=C\c2cc(Br)ccc2OCc2cccc3ccccc23)SC(=S)N1c1ccc([N+](=O)[O-])cc1. The number of halogens is 1. The molecule has 0 aromatic heterocycles. The third-order valence-corrected chi connectivity index (χ3v) is 7.43. The molecule has 0 spiro atoms. The summed E-state index contributed by atoms with van der Waals surface area (Å²) in [4.78, 5) is 25.5. The highest BCUT2D eigenvalue weighted by atomic mass is 79.9. The molecule has 1 amide bonds. The standard InChI is InChI=1S/C27H17BrN2O4S2/c28-20-8-13-24(34-16-18-6-3-5-17-4-1-2-7-23(17)18)19(14-20)15-25-26(31)29(27(35)36-25)21-9-11-22(12-10-21)30(32)33/h1-15H,16H2/b25-15+. The number of nitrogens with zero attached hydrogens (tertiary/aromatic N) is 2. The van der Waals surface area contributed by atoms with Gasteiger partial charge in [-0.2, -0.15) is 0 Å². The number of carbonyl (C=O) groups is 1. The molecule has 5 rings (SSSR count). The van der Waals surface area contributed by atoms with Crippen molar-refractivity contribution >= 4 is 78.4 Å². The highest BCUT2D eigenvalue weighted by Gasteiger charge is 2.33. The Morgan fingerprint density at radius 2 is 1.78 bits per heavy atom. The van der Waals surface area contributed by atoms with Gasteiger partial charge in [-0.1, -0.05) is 82.4 Å². The van der Waals surface area contributed by atoms with Crippen LogP contribution in [0.25, 0.3) is 16.8 Å². The summed E-state index contributed by atoms with van der Waals surface area (Å²) in [6.45, 7) is 0.369. The first-order chi connectivity index (χ1) is 17.4. The Bertz CT molecular complexity index is 1550. The van der Waals surface area contributed by atoms with E-state index in [1.165, 1.54) is 40.9 Å². The molecule has 0 radical (unpaired) electrons. The molecule has 0 bridgehead atoms. The molecule has 0 aliphatic carbocycles. The molecule has 1 aliphatic heterocycles. The number of fused-ring (bicyclic) bond motifs is 1. The number of hydrogen-bond donors (Lipinski definition) is 0. The quantitative estimate of drug-likeness (QED) is 0.102. The minimum absolute atomic E-state index is 0.0538. The summed E-state index contributed by atoms with van der Waals surface area (Å²) in [5.41, 5.74) is 2.22. The summed E-state index contributed by atoms with van der Waals surface area (Å²) in [6, 6.07) is 25.6. The molecule has 0 saturated carbocycles. The largest absolute Gasteiger partial charge is 0.488 e. The monoisotopic (exact) mass is 576 g/mol. The fourth-order valence-corrected chi connectivity index (χ4v) is 5.56. The molecule has 0 N–H and O–H groups in total. The smallest absolute Gasteiger partial charge is 0.270 e. The zero-order chi connectivity index (χ0) is 25.2. The summed E-state index contributed by atoms with van der Waals surface area (Å²) < 4.78 is 7.41. The summed E-state index contributed by atoms with van der Waals surface area (Å²) in [6.07, 6.45) is 1.76. The van der Waals surface area contributed by atoms with Gasteiger partial charge in [-0.05, 0) is 52.7 Å². The maximum atomic E-state index is 13.2. The Morgan fingerprint density at radius 3 is 2.56 bits per heavy atom. The Kier molecular flexibility index (Phi) is 6.86. The number of anilines is 1. The predicted molar refractivity (Wildman–Crippen MR) is 151 cm³/mol. The number of carbonyl (C=O) groups excluding carboxylic acids is 1. The lowest BCUT2D eigenvalue weighted by Crippen LogP contribution is -2.27. The number of thioether (sulfide) groups is 1. The fourth-order valence-electron chi connectivity index (χ4n) is 3.89. The van der Waals surface area contributed by atoms with E-state index >= 15 is 0 Å². The molecule has 4 aromatic carbocycles. The van der Waals surface area contributed by atoms with Gasteiger partial charge in [0.15, 0.2) is 4.32 Å². The minimum Gasteiger partial charge on any atom is -0.488 e. The zero-order valence-electron chi connectivity index (χ0n) is 18.6. The van der Waals surface area contributed by atoms with E-state index in [1.807, 2.05) is 42.5 Å². The van der Waals surface area contributed by atoms with Gasteiger partial charge in [0.1, 0.15) is 12.4 Å². The molecule has 178 valence electrons. The van der Waals surface area contributed by atoms with Gasteiger partial charge in [0.05, 0.1) is 15.5 Å². The second-order valence-electron chi connectivity index (χ2n) is 7.90. The van der Waals surface area contributed by atoms with Gasteiger partial charge in [0.2, 0.25) is 0 Å². The Morgan fingerprint density at radius 1 is 1.03 bits per heavy atom. The second-order valence-corrected chi connectivity index (χ2v) is 10.5. The number of thiocarbonyl (C=S) groups is 1. The molecule has 4 aromatic rings. The zero-order valence-corrected chi connectivity index (χ0v) is 21.8. The minimum atomic E-state index is -0.485. The maximum Gasteiger partial charge on any atom is 0.270 e. The Labute approximate surface area is 224 Å².